The van der Waals surface area contributed by atoms with E-state index in [-0.39, 0.29) is 27.1 Å². The number of allylic oxidation sites excluding steroid dienone is 2. The Morgan fingerprint density at radius 1 is 1.24 bits per heavy atom. The van der Waals surface area contributed by atoms with Gasteiger partial charge in [0, 0.05) is 35.1 Å². The molecule has 5 N–H and O–H groups in total. The summed E-state index contributed by atoms with van der Waals surface area (Å²) in [5, 5.41) is 34.7. The first-order valence-corrected chi connectivity index (χ1v) is 14.3. The summed E-state index contributed by atoms with van der Waals surface area (Å²) in [4.78, 5) is 24.9. The van der Waals surface area contributed by atoms with Gasteiger partial charge in [-0.1, -0.05) is 53.6 Å². The number of hydrogen-bond donors (Lipinski definition) is 4. The van der Waals surface area contributed by atoms with Gasteiger partial charge >= 0.3 is 5.97 Å². The molecule has 2 aromatic rings. The van der Waals surface area contributed by atoms with E-state index >= 15 is 8.78 Å². The average Bonchev–Trinajstić information content (AvgIpc) is 3.29. The number of carbonyl (C=O) groups is 2. The number of carbonyl (C=O) groups excluding carboxylic acids is 2. The first-order chi connectivity index (χ1) is 20.0. The van der Waals surface area contributed by atoms with Gasteiger partial charge in [-0.25, -0.2) is 8.78 Å². The second-order valence-electron chi connectivity index (χ2n) is 10.7. The van der Waals surface area contributed by atoms with Crippen LogP contribution in [0.4, 0.5) is 8.78 Å². The number of primary amides is 1. The summed E-state index contributed by atoms with van der Waals surface area (Å²) in [6, 6.07) is 7.55. The predicted molar refractivity (Wildman–Crippen MR) is 151 cm³/mol. The summed E-state index contributed by atoms with van der Waals surface area (Å²) in [7, 11) is 0. The van der Waals surface area contributed by atoms with Crippen molar-refractivity contribution in [3.63, 3.8) is 0 Å². The van der Waals surface area contributed by atoms with Crippen LogP contribution in [0.5, 0.6) is 0 Å². The van der Waals surface area contributed by atoms with Crippen LogP contribution in [0.3, 0.4) is 0 Å². The third kappa shape index (κ3) is 6.17. The molecule has 7 atom stereocenters. The molecular weight excluding hydrogens is 591 g/mol. The molecule has 1 heterocycles. The van der Waals surface area contributed by atoms with E-state index < -0.39 is 78.6 Å². The molecule has 2 aliphatic rings. The molecule has 2 aromatic carbocycles. The Morgan fingerprint density at radius 2 is 2.00 bits per heavy atom. The SMILES string of the molecule is N#C[C@]1(c2ccc(Cl)cc2F)[C@H](C(CO)C2CC=CCC2)N[C@@H](C(=O)OC[C@@H](O)CC(N)=O)[C@@H]1c1cccc(Cl)c1F. The third-order valence-corrected chi connectivity index (χ3v) is 8.74. The van der Waals surface area contributed by atoms with E-state index in [9.17, 15) is 25.1 Å². The predicted octanol–water partition coefficient (Wildman–Crippen LogP) is 3.90. The van der Waals surface area contributed by atoms with Crippen molar-refractivity contribution in [2.45, 2.75) is 55.2 Å². The van der Waals surface area contributed by atoms with Gasteiger partial charge in [0.15, 0.2) is 0 Å². The maximum absolute atomic E-state index is 15.8. The molecular formula is C30H31Cl2F2N3O5. The van der Waals surface area contributed by atoms with Crippen LogP contribution >= 0.6 is 23.2 Å². The monoisotopic (exact) mass is 621 g/mol. The first kappa shape index (κ1) is 31.9. The lowest BCUT2D eigenvalue weighted by atomic mass is 9.60. The summed E-state index contributed by atoms with van der Waals surface area (Å²) in [6.45, 7) is -1.03. The van der Waals surface area contributed by atoms with E-state index in [0.29, 0.717) is 12.8 Å². The van der Waals surface area contributed by atoms with Gasteiger partial charge in [-0.05, 0) is 48.9 Å². The molecule has 12 heteroatoms. The van der Waals surface area contributed by atoms with E-state index in [1.807, 2.05) is 12.2 Å². The number of aliphatic hydroxyl groups is 2. The second kappa shape index (κ2) is 13.5. The lowest BCUT2D eigenvalue weighted by molar-refractivity contribution is -0.150. The standard InChI is InChI=1S/C30H31Cl2F2N3O5/c31-17-9-10-21(23(33)11-17)30(15-35)25(19-7-4-8-22(32)26(19)34)27(29(41)42-14-18(39)12-24(36)40)37-28(30)20(13-38)16-5-2-1-3-6-16/h1-2,4,7-11,16,18,20,25,27-28,37-39H,3,5-6,12-14H2,(H2,36,40)/t16?,18-,20?,25-,27+,28-,30+/m0/s1. The quantitative estimate of drug-likeness (QED) is 0.232. The lowest BCUT2D eigenvalue weighted by Crippen LogP contribution is -2.51. The minimum atomic E-state index is -1.97. The molecule has 1 aliphatic heterocycles. The molecule has 0 spiro atoms. The van der Waals surface area contributed by atoms with Crippen molar-refractivity contribution in [1.29, 1.82) is 5.26 Å². The highest BCUT2D eigenvalue weighted by Gasteiger charge is 2.63. The van der Waals surface area contributed by atoms with E-state index in [2.05, 4.69) is 11.4 Å². The molecule has 1 saturated heterocycles. The van der Waals surface area contributed by atoms with E-state index in [1.54, 1.807) is 0 Å². The molecule has 4 rings (SSSR count). The number of ether oxygens (including phenoxy) is 1. The molecule has 0 saturated carbocycles. The van der Waals surface area contributed by atoms with Crippen LogP contribution in [0, 0.1) is 34.8 Å². The molecule has 1 fully saturated rings. The lowest BCUT2D eigenvalue weighted by Gasteiger charge is -2.41. The zero-order chi connectivity index (χ0) is 30.6. The number of nitrogens with two attached hydrogens (primary N) is 1. The Kier molecular flexibility index (Phi) is 10.2. The molecule has 2 unspecified atom stereocenters. The second-order valence-corrected chi connectivity index (χ2v) is 11.5. The van der Waals surface area contributed by atoms with E-state index in [4.69, 9.17) is 33.7 Å². The van der Waals surface area contributed by atoms with Crippen LogP contribution in [-0.4, -0.2) is 53.5 Å². The van der Waals surface area contributed by atoms with Crippen molar-refractivity contribution in [2.75, 3.05) is 13.2 Å². The number of aliphatic hydroxyl groups excluding tert-OH is 2. The Labute approximate surface area is 252 Å². The molecule has 1 amide bonds. The molecule has 1 aliphatic carbocycles. The van der Waals surface area contributed by atoms with Crippen molar-refractivity contribution < 1.29 is 33.3 Å². The van der Waals surface area contributed by atoms with Crippen molar-refractivity contribution in [3.05, 3.63) is 81.4 Å². The fraction of sp³-hybridized carbons (Fsp3) is 0.433. The van der Waals surface area contributed by atoms with Crippen molar-refractivity contribution in [3.8, 4) is 6.07 Å². The summed E-state index contributed by atoms with van der Waals surface area (Å²) in [6.07, 6.45) is 4.04. The molecule has 224 valence electrons. The van der Waals surface area contributed by atoms with Gasteiger partial charge in [0.1, 0.15) is 29.7 Å². The summed E-state index contributed by atoms with van der Waals surface area (Å²) in [5.74, 6) is -5.80. The maximum atomic E-state index is 15.8. The van der Waals surface area contributed by atoms with Crippen LogP contribution in [0.1, 0.15) is 42.7 Å². The fourth-order valence-electron chi connectivity index (χ4n) is 6.38. The molecule has 0 radical (unpaired) electrons. The highest BCUT2D eigenvalue weighted by Crippen LogP contribution is 2.54. The van der Waals surface area contributed by atoms with Gasteiger partial charge < -0.3 is 20.7 Å². The smallest absolute Gasteiger partial charge is 0.323 e. The highest BCUT2D eigenvalue weighted by atomic mass is 35.5. The van der Waals surface area contributed by atoms with Crippen molar-refractivity contribution >= 4 is 35.1 Å². The Balaban J connectivity index is 1.93. The average molecular weight is 622 g/mol. The van der Waals surface area contributed by atoms with Crippen LogP contribution in [0.2, 0.25) is 10.0 Å². The Bertz CT molecular complexity index is 1400. The van der Waals surface area contributed by atoms with E-state index in [0.717, 1.165) is 12.5 Å². The molecule has 0 bridgehead atoms. The number of halogens is 4. The number of nitrogens with zero attached hydrogens (tertiary/aromatic N) is 1. The minimum Gasteiger partial charge on any atom is -0.462 e. The van der Waals surface area contributed by atoms with Gasteiger partial charge in [-0.15, -0.1) is 0 Å². The maximum Gasteiger partial charge on any atom is 0.323 e. The number of nitrogens with one attached hydrogen (secondary N) is 1. The summed E-state index contributed by atoms with van der Waals surface area (Å²) >= 11 is 12.2. The zero-order valence-electron chi connectivity index (χ0n) is 22.5. The summed E-state index contributed by atoms with van der Waals surface area (Å²) in [5.41, 5.74) is 2.85. The number of benzene rings is 2. The van der Waals surface area contributed by atoms with Crippen molar-refractivity contribution in [1.82, 2.24) is 5.32 Å². The number of hydrogen-bond acceptors (Lipinski definition) is 7. The topological polar surface area (TPSA) is 146 Å². The van der Waals surface area contributed by atoms with Crippen molar-refractivity contribution in [2.24, 2.45) is 17.6 Å². The highest BCUT2D eigenvalue weighted by molar-refractivity contribution is 6.31. The zero-order valence-corrected chi connectivity index (χ0v) is 24.0. The Hall–Kier alpha value is -3.07. The summed E-state index contributed by atoms with van der Waals surface area (Å²) < 4.78 is 37.0. The van der Waals surface area contributed by atoms with E-state index in [1.165, 1.54) is 30.3 Å². The van der Waals surface area contributed by atoms with Crippen LogP contribution in [0.25, 0.3) is 0 Å². The van der Waals surface area contributed by atoms with Gasteiger partial charge in [0.05, 0.1) is 23.6 Å². The normalized spacial score (nSPS) is 26.8. The van der Waals surface area contributed by atoms with Gasteiger partial charge in [0.2, 0.25) is 5.91 Å². The first-order valence-electron chi connectivity index (χ1n) is 13.5. The Morgan fingerprint density at radius 3 is 2.62 bits per heavy atom. The molecule has 0 aromatic heterocycles. The van der Waals surface area contributed by atoms with Gasteiger partial charge in [-0.3, -0.25) is 14.9 Å². The molecule has 42 heavy (non-hydrogen) atoms. The van der Waals surface area contributed by atoms with Crippen LogP contribution in [0.15, 0.2) is 48.6 Å². The van der Waals surface area contributed by atoms with Crippen LogP contribution in [-0.2, 0) is 19.7 Å². The minimum absolute atomic E-state index is 0.0628. The van der Waals surface area contributed by atoms with Crippen LogP contribution < -0.4 is 11.1 Å². The van der Waals surface area contributed by atoms with Gasteiger partial charge in [-0.2, -0.15) is 5.26 Å². The number of rotatable bonds is 10. The number of nitriles is 1. The number of esters is 1. The third-order valence-electron chi connectivity index (χ3n) is 8.21. The fourth-order valence-corrected chi connectivity index (χ4v) is 6.72. The number of amides is 1. The van der Waals surface area contributed by atoms with Gasteiger partial charge in [0.25, 0.3) is 0 Å². The largest absolute Gasteiger partial charge is 0.462 e. The molecule has 8 nitrogen and oxygen atoms in total.